The molecule has 0 unspecified atom stereocenters. The molecule has 6 aromatic carbocycles. The van der Waals surface area contributed by atoms with E-state index < -0.39 is 50.1 Å². The first-order valence-corrected chi connectivity index (χ1v) is 24.8. The van der Waals surface area contributed by atoms with E-state index in [2.05, 4.69) is 19.8 Å². The van der Waals surface area contributed by atoms with Crippen molar-refractivity contribution in [1.29, 1.82) is 0 Å². The molecule has 8 rings (SSSR count). The Morgan fingerprint density at radius 3 is 1.69 bits per heavy atom. The van der Waals surface area contributed by atoms with Gasteiger partial charge in [-0.05, 0) is 92.2 Å². The molecule has 0 aromatic heterocycles. The number of sulfonamides is 2. The van der Waals surface area contributed by atoms with Crippen molar-refractivity contribution in [3.8, 4) is 22.5 Å². The standard InChI is InChI=1S/C45H36N4O11S4.Na/c1-28-13-15-32(48-61(50,51)34-9-5-3-6-10-34)23-40(28)46-30-17-20-37-42(25-30)60-43-26-31(47-41-24-33(16-14-29(41)2)49-62(52,53)35-11-7-4-8-12-35)18-21-38(43)45(37)39-22-19-36(63(54,55)56)27-44(39)64(57,58)59;/h3-27,46,48-49H,1-2H3,(H,54,55,56)(H,57,58,59);/q;+1/p-1. The van der Waals surface area contributed by atoms with Crippen molar-refractivity contribution in [2.75, 3.05) is 14.8 Å². The topological polar surface area (TPSA) is 246 Å². The van der Waals surface area contributed by atoms with E-state index in [1.54, 1.807) is 109 Å². The molecule has 1 aliphatic carbocycles. The SMILES string of the molecule is Cc1ccc(NS(=O)(=O)c2ccccc2)cc1Nc1ccc2c(-c3ccc(S(=O)(=O)[O-])cc3S(=O)(=O)[O-])c3ccc(=[NH+]c4cc(NS(=O)(=O)c5ccccc5)ccc4C)cc-3oc2c1.[Na+]. The van der Waals surface area contributed by atoms with Gasteiger partial charge in [0.2, 0.25) is 11.0 Å². The van der Waals surface area contributed by atoms with Gasteiger partial charge in [-0.1, -0.05) is 54.6 Å². The van der Waals surface area contributed by atoms with Crippen LogP contribution in [0.4, 0.5) is 28.4 Å². The molecule has 4 N–H and O–H groups in total. The quantitative estimate of drug-likeness (QED) is 0.0783. The summed E-state index contributed by atoms with van der Waals surface area (Å²) < 4.78 is 138. The van der Waals surface area contributed by atoms with Crippen molar-refractivity contribution < 1.29 is 81.7 Å². The Morgan fingerprint density at radius 2 is 1.09 bits per heavy atom. The molecule has 6 aromatic rings. The van der Waals surface area contributed by atoms with Crippen molar-refractivity contribution in [3.05, 3.63) is 168 Å². The monoisotopic (exact) mass is 958 g/mol. The molecule has 1 aliphatic heterocycles. The number of hydrogen-bond acceptors (Lipinski definition) is 12. The fraction of sp³-hybridized carbons (Fsp3) is 0.0444. The summed E-state index contributed by atoms with van der Waals surface area (Å²) in [6.45, 7) is 3.63. The smallest absolute Gasteiger partial charge is 0.744 e. The Bertz CT molecular complexity index is 3650. The molecule has 0 fully saturated rings. The van der Waals surface area contributed by atoms with Gasteiger partial charge in [0.25, 0.3) is 20.0 Å². The van der Waals surface area contributed by atoms with Crippen molar-refractivity contribution in [2.45, 2.75) is 33.4 Å². The minimum absolute atomic E-state index is 0. The van der Waals surface area contributed by atoms with E-state index in [4.69, 9.17) is 4.42 Å². The number of fused-ring (bicyclic) bond motifs is 2. The molecule has 15 nitrogen and oxygen atoms in total. The molecule has 0 atom stereocenters. The molecule has 326 valence electrons. The normalized spacial score (nSPS) is 12.5. The van der Waals surface area contributed by atoms with Gasteiger partial charge in [-0.15, -0.1) is 0 Å². The summed E-state index contributed by atoms with van der Waals surface area (Å²) in [5.41, 5.74) is 4.01. The van der Waals surface area contributed by atoms with Crippen LogP contribution in [0, 0.1) is 13.8 Å². The van der Waals surface area contributed by atoms with E-state index in [1.165, 1.54) is 24.3 Å². The van der Waals surface area contributed by atoms with Gasteiger partial charge in [0.1, 0.15) is 31.6 Å². The van der Waals surface area contributed by atoms with Gasteiger partial charge in [-0.2, -0.15) is 0 Å². The van der Waals surface area contributed by atoms with Gasteiger partial charge in [0.15, 0.2) is 0 Å². The van der Waals surface area contributed by atoms with E-state index in [0.717, 1.165) is 23.3 Å². The van der Waals surface area contributed by atoms with Crippen LogP contribution in [-0.4, -0.2) is 42.8 Å². The zero-order valence-corrected chi connectivity index (χ0v) is 39.8. The molecule has 2 aliphatic rings. The van der Waals surface area contributed by atoms with E-state index in [0.29, 0.717) is 39.4 Å². The average Bonchev–Trinajstić information content (AvgIpc) is 3.24. The minimum Gasteiger partial charge on any atom is -0.744 e. The number of anilines is 4. The largest absolute Gasteiger partial charge is 1.00 e. The van der Waals surface area contributed by atoms with Crippen LogP contribution in [0.2, 0.25) is 0 Å². The zero-order chi connectivity index (χ0) is 45.6. The Hall–Kier alpha value is -5.87. The van der Waals surface area contributed by atoms with Gasteiger partial charge >= 0.3 is 29.6 Å². The zero-order valence-electron chi connectivity index (χ0n) is 34.6. The Balaban J connectivity index is 0.00000630. The summed E-state index contributed by atoms with van der Waals surface area (Å²) in [6, 6.07) is 37.9. The van der Waals surface area contributed by atoms with Crippen molar-refractivity contribution in [1.82, 2.24) is 0 Å². The predicted molar refractivity (Wildman–Crippen MR) is 238 cm³/mol. The van der Waals surface area contributed by atoms with Gasteiger partial charge in [-0.3, -0.25) is 9.44 Å². The number of aryl methyl sites for hydroxylation is 2. The van der Waals surface area contributed by atoms with Crippen molar-refractivity contribution in [3.63, 3.8) is 0 Å². The van der Waals surface area contributed by atoms with E-state index in [1.807, 2.05) is 13.8 Å². The Morgan fingerprint density at radius 1 is 0.523 bits per heavy atom. The third-order valence-electron chi connectivity index (χ3n) is 10.1. The molecule has 20 heteroatoms. The first-order chi connectivity index (χ1) is 30.2. The minimum atomic E-state index is -5.39. The molecule has 65 heavy (non-hydrogen) atoms. The van der Waals surface area contributed by atoms with Crippen LogP contribution in [0.5, 0.6) is 0 Å². The van der Waals surface area contributed by atoms with Crippen LogP contribution in [0.25, 0.3) is 33.4 Å². The fourth-order valence-electron chi connectivity index (χ4n) is 6.99. The molecular weight excluding hydrogens is 924 g/mol. The Labute approximate surface area is 397 Å². The summed E-state index contributed by atoms with van der Waals surface area (Å²) in [4.78, 5) is 1.58. The second-order valence-electron chi connectivity index (χ2n) is 14.6. The van der Waals surface area contributed by atoms with Crippen LogP contribution in [0.3, 0.4) is 0 Å². The second kappa shape index (κ2) is 18.2. The molecule has 1 heterocycles. The maximum atomic E-state index is 13.1. The molecular formula is C45H35N4NaO11S4. The number of benzene rings is 7. The summed E-state index contributed by atoms with van der Waals surface area (Å²) in [7, 11) is -18.4. The van der Waals surface area contributed by atoms with E-state index >= 15 is 0 Å². The van der Waals surface area contributed by atoms with Crippen LogP contribution in [0.15, 0.2) is 176 Å². The van der Waals surface area contributed by atoms with E-state index in [9.17, 15) is 42.8 Å². The van der Waals surface area contributed by atoms with Gasteiger partial charge in [-0.25, -0.2) is 38.7 Å². The molecule has 0 spiro atoms. The second-order valence-corrected chi connectivity index (χ2v) is 20.7. The van der Waals surface area contributed by atoms with Gasteiger partial charge < -0.3 is 18.8 Å². The van der Waals surface area contributed by atoms with Crippen LogP contribution < -0.4 is 54.7 Å². The third kappa shape index (κ3) is 10.3. The van der Waals surface area contributed by atoms with Crippen LogP contribution in [0.1, 0.15) is 11.1 Å². The first kappa shape index (κ1) is 47.1. The van der Waals surface area contributed by atoms with E-state index in [-0.39, 0.29) is 73.2 Å². The Kier molecular flexibility index (Phi) is 13.2. The number of rotatable bonds is 12. The fourth-order valence-corrected chi connectivity index (χ4v) is 10.4. The van der Waals surface area contributed by atoms with Crippen molar-refractivity contribution in [2.24, 2.45) is 0 Å². The number of hydrogen-bond donors (Lipinski definition) is 4. The van der Waals surface area contributed by atoms with Gasteiger partial charge in [0, 0.05) is 57.2 Å². The molecule has 0 saturated heterocycles. The first-order valence-electron chi connectivity index (χ1n) is 19.1. The van der Waals surface area contributed by atoms with Crippen molar-refractivity contribution >= 4 is 79.7 Å². The predicted octanol–water partition coefficient (Wildman–Crippen LogP) is 3.29. The molecule has 0 saturated carbocycles. The maximum absolute atomic E-state index is 13.1. The average molecular weight is 959 g/mol. The summed E-state index contributed by atoms with van der Waals surface area (Å²) in [5.74, 6) is 0.173. The summed E-state index contributed by atoms with van der Waals surface area (Å²) in [6.07, 6.45) is 0. The summed E-state index contributed by atoms with van der Waals surface area (Å²) >= 11 is 0. The molecule has 0 bridgehead atoms. The third-order valence-corrected chi connectivity index (χ3v) is 14.6. The van der Waals surface area contributed by atoms with Crippen LogP contribution >= 0.6 is 0 Å². The van der Waals surface area contributed by atoms with Crippen LogP contribution in [-0.2, 0) is 40.3 Å². The molecule has 0 amide bonds. The maximum Gasteiger partial charge on any atom is 1.00 e. The number of nitrogens with one attached hydrogen (secondary N) is 4. The summed E-state index contributed by atoms with van der Waals surface area (Å²) in [5, 5.41) is 4.03. The van der Waals surface area contributed by atoms with Gasteiger partial charge in [0.05, 0.1) is 37.0 Å². The molecule has 0 radical (unpaired) electrons.